The standard InChI is InChI=1S/C9H15N3O/c1-10-6-8(11-2)7-3-4-9(13)12-5-7/h3-5,8,10-11H,6H2,1-2H3,(H,12,13). The predicted octanol–water partition coefficient (Wildman–Crippen LogP) is -0.145. The maximum absolute atomic E-state index is 10.8. The van der Waals surface area contributed by atoms with Crippen LogP contribution >= 0.6 is 0 Å². The first-order valence-electron chi connectivity index (χ1n) is 4.28. The summed E-state index contributed by atoms with van der Waals surface area (Å²) in [5.41, 5.74) is 1.01. The third kappa shape index (κ3) is 2.68. The first kappa shape index (κ1) is 9.95. The molecule has 1 unspecified atom stereocenters. The summed E-state index contributed by atoms with van der Waals surface area (Å²) < 4.78 is 0. The van der Waals surface area contributed by atoms with Gasteiger partial charge in [0.25, 0.3) is 0 Å². The van der Waals surface area contributed by atoms with Crippen LogP contribution in [0.3, 0.4) is 0 Å². The Balaban J connectivity index is 2.79. The van der Waals surface area contributed by atoms with Crippen molar-refractivity contribution in [2.24, 2.45) is 0 Å². The van der Waals surface area contributed by atoms with Crippen molar-refractivity contribution < 1.29 is 0 Å². The van der Waals surface area contributed by atoms with Crippen LogP contribution in [0.15, 0.2) is 23.1 Å². The monoisotopic (exact) mass is 181 g/mol. The number of aromatic amines is 1. The number of hydrogen-bond donors (Lipinski definition) is 3. The molecule has 1 rings (SSSR count). The smallest absolute Gasteiger partial charge is 0.247 e. The second-order valence-electron chi connectivity index (χ2n) is 2.89. The largest absolute Gasteiger partial charge is 0.329 e. The van der Waals surface area contributed by atoms with Crippen molar-refractivity contribution in [3.8, 4) is 0 Å². The van der Waals surface area contributed by atoms with Gasteiger partial charge in [-0.15, -0.1) is 0 Å². The molecule has 13 heavy (non-hydrogen) atoms. The second-order valence-corrected chi connectivity index (χ2v) is 2.89. The third-order valence-electron chi connectivity index (χ3n) is 1.97. The third-order valence-corrected chi connectivity index (χ3v) is 1.97. The van der Waals surface area contributed by atoms with Crippen molar-refractivity contribution in [1.29, 1.82) is 0 Å². The number of H-pyrrole nitrogens is 1. The Labute approximate surface area is 77.4 Å². The predicted molar refractivity (Wildman–Crippen MR) is 52.8 cm³/mol. The van der Waals surface area contributed by atoms with Crippen LogP contribution in [0, 0.1) is 0 Å². The minimum absolute atomic E-state index is 0.0666. The van der Waals surface area contributed by atoms with E-state index in [0.29, 0.717) is 0 Å². The van der Waals surface area contributed by atoms with E-state index in [-0.39, 0.29) is 11.6 Å². The molecule has 0 aliphatic heterocycles. The van der Waals surface area contributed by atoms with Gasteiger partial charge < -0.3 is 15.6 Å². The Bertz CT molecular complexity index is 287. The molecule has 0 spiro atoms. The molecule has 0 aliphatic carbocycles. The van der Waals surface area contributed by atoms with Gasteiger partial charge in [-0.3, -0.25) is 4.79 Å². The number of pyridine rings is 1. The number of nitrogens with one attached hydrogen (secondary N) is 3. The molecular weight excluding hydrogens is 166 g/mol. The summed E-state index contributed by atoms with van der Waals surface area (Å²) in [6.45, 7) is 0.836. The van der Waals surface area contributed by atoms with Crippen LogP contribution in [0.5, 0.6) is 0 Å². The molecule has 1 atom stereocenters. The van der Waals surface area contributed by atoms with E-state index in [9.17, 15) is 4.79 Å². The maximum Gasteiger partial charge on any atom is 0.247 e. The van der Waals surface area contributed by atoms with Crippen LogP contribution in [-0.2, 0) is 0 Å². The lowest BCUT2D eigenvalue weighted by Gasteiger charge is -2.15. The summed E-state index contributed by atoms with van der Waals surface area (Å²) in [5, 5.41) is 6.23. The van der Waals surface area contributed by atoms with Gasteiger partial charge in [0.1, 0.15) is 0 Å². The van der Waals surface area contributed by atoms with E-state index in [4.69, 9.17) is 0 Å². The van der Waals surface area contributed by atoms with Crippen LogP contribution in [0.4, 0.5) is 0 Å². The van der Waals surface area contributed by atoms with Crippen LogP contribution in [0.1, 0.15) is 11.6 Å². The van der Waals surface area contributed by atoms with Gasteiger partial charge in [-0.25, -0.2) is 0 Å². The summed E-state index contributed by atoms with van der Waals surface area (Å²) in [6.07, 6.45) is 1.74. The number of likely N-dealkylation sites (N-methyl/N-ethyl adjacent to an activating group) is 2. The molecule has 1 heterocycles. The molecule has 0 amide bonds. The lowest BCUT2D eigenvalue weighted by atomic mass is 10.1. The molecule has 3 N–H and O–H groups in total. The van der Waals surface area contributed by atoms with Crippen LogP contribution in [0.2, 0.25) is 0 Å². The topological polar surface area (TPSA) is 56.9 Å². The average molecular weight is 181 g/mol. The molecule has 0 fully saturated rings. The highest BCUT2D eigenvalue weighted by molar-refractivity contribution is 5.14. The molecule has 1 aromatic rings. The van der Waals surface area contributed by atoms with E-state index in [2.05, 4.69) is 15.6 Å². The van der Waals surface area contributed by atoms with Gasteiger partial charge in [-0.1, -0.05) is 6.07 Å². The van der Waals surface area contributed by atoms with Gasteiger partial charge in [-0.05, 0) is 19.7 Å². The normalized spacial score (nSPS) is 12.8. The van der Waals surface area contributed by atoms with E-state index in [1.54, 1.807) is 6.20 Å². The van der Waals surface area contributed by atoms with E-state index in [0.717, 1.165) is 12.1 Å². The molecule has 1 aromatic heterocycles. The van der Waals surface area contributed by atoms with Crippen molar-refractivity contribution in [2.75, 3.05) is 20.6 Å². The quantitative estimate of drug-likeness (QED) is 0.605. The number of hydrogen-bond acceptors (Lipinski definition) is 3. The van der Waals surface area contributed by atoms with E-state index < -0.39 is 0 Å². The first-order chi connectivity index (χ1) is 6.27. The zero-order chi connectivity index (χ0) is 9.68. The Kier molecular flexibility index (Phi) is 3.67. The highest BCUT2D eigenvalue weighted by atomic mass is 16.1. The summed E-state index contributed by atoms with van der Waals surface area (Å²) in [7, 11) is 3.79. The van der Waals surface area contributed by atoms with Crippen LogP contribution in [-0.4, -0.2) is 25.6 Å². The molecule has 4 heteroatoms. The van der Waals surface area contributed by atoms with Gasteiger partial charge in [0.05, 0.1) is 0 Å². The minimum Gasteiger partial charge on any atom is -0.329 e. The van der Waals surface area contributed by atoms with Crippen molar-refractivity contribution in [3.05, 3.63) is 34.2 Å². The summed E-state index contributed by atoms with van der Waals surface area (Å²) in [4.78, 5) is 13.4. The molecule has 72 valence electrons. The van der Waals surface area contributed by atoms with Crippen LogP contribution in [0.25, 0.3) is 0 Å². The fourth-order valence-electron chi connectivity index (χ4n) is 1.23. The highest BCUT2D eigenvalue weighted by Crippen LogP contribution is 2.07. The molecular formula is C9H15N3O. The van der Waals surface area contributed by atoms with Crippen molar-refractivity contribution in [1.82, 2.24) is 15.6 Å². The fraction of sp³-hybridized carbons (Fsp3) is 0.444. The summed E-state index contributed by atoms with van der Waals surface area (Å²) in [5.74, 6) is 0. The van der Waals surface area contributed by atoms with Crippen molar-refractivity contribution in [2.45, 2.75) is 6.04 Å². The van der Waals surface area contributed by atoms with E-state index >= 15 is 0 Å². The first-order valence-corrected chi connectivity index (χ1v) is 4.28. The molecule has 4 nitrogen and oxygen atoms in total. The molecule has 0 saturated heterocycles. The Morgan fingerprint density at radius 3 is 2.69 bits per heavy atom. The van der Waals surface area contributed by atoms with Gasteiger partial charge in [0.15, 0.2) is 0 Å². The summed E-state index contributed by atoms with van der Waals surface area (Å²) >= 11 is 0. The van der Waals surface area contributed by atoms with Crippen molar-refractivity contribution >= 4 is 0 Å². The second kappa shape index (κ2) is 4.79. The van der Waals surface area contributed by atoms with Crippen LogP contribution < -0.4 is 16.2 Å². The summed E-state index contributed by atoms with van der Waals surface area (Å²) in [6, 6.07) is 3.61. The average Bonchev–Trinajstić information content (AvgIpc) is 2.16. The molecule has 0 bridgehead atoms. The molecule has 0 radical (unpaired) electrons. The molecule has 0 aliphatic rings. The Morgan fingerprint density at radius 1 is 1.46 bits per heavy atom. The number of aromatic nitrogens is 1. The van der Waals surface area contributed by atoms with Gasteiger partial charge in [-0.2, -0.15) is 0 Å². The zero-order valence-corrected chi connectivity index (χ0v) is 7.92. The van der Waals surface area contributed by atoms with Crippen molar-refractivity contribution in [3.63, 3.8) is 0 Å². The van der Waals surface area contributed by atoms with E-state index in [1.807, 2.05) is 20.2 Å². The van der Waals surface area contributed by atoms with Gasteiger partial charge in [0, 0.05) is 24.8 Å². The van der Waals surface area contributed by atoms with E-state index in [1.165, 1.54) is 6.07 Å². The minimum atomic E-state index is -0.0666. The zero-order valence-electron chi connectivity index (χ0n) is 7.92. The SMILES string of the molecule is CNCC(NC)c1ccc(=O)[nH]c1. The lowest BCUT2D eigenvalue weighted by molar-refractivity contribution is 0.556. The highest BCUT2D eigenvalue weighted by Gasteiger charge is 2.06. The Morgan fingerprint density at radius 2 is 2.23 bits per heavy atom. The maximum atomic E-state index is 10.8. The van der Waals surface area contributed by atoms with Gasteiger partial charge in [0.2, 0.25) is 5.56 Å². The molecule has 0 saturated carbocycles. The van der Waals surface area contributed by atoms with Gasteiger partial charge >= 0.3 is 0 Å². The number of rotatable bonds is 4. The Hall–Kier alpha value is -1.13. The lowest BCUT2D eigenvalue weighted by Crippen LogP contribution is -2.27. The molecule has 0 aromatic carbocycles. The fourth-order valence-corrected chi connectivity index (χ4v) is 1.23.